The lowest BCUT2D eigenvalue weighted by molar-refractivity contribution is 0.0268. The van der Waals surface area contributed by atoms with Gasteiger partial charge in [-0.25, -0.2) is 9.37 Å². The van der Waals surface area contributed by atoms with Crippen LogP contribution in [0, 0.1) is 5.82 Å². The molecule has 5 rings (SSSR count). The van der Waals surface area contributed by atoms with E-state index in [0.29, 0.717) is 23.9 Å². The number of amides is 1. The maximum Gasteiger partial charge on any atom is 0.259 e. The highest BCUT2D eigenvalue weighted by Gasteiger charge is 2.25. The highest BCUT2D eigenvalue weighted by atomic mass is 19.1. The van der Waals surface area contributed by atoms with Crippen molar-refractivity contribution in [2.24, 2.45) is 0 Å². The molecule has 1 amide bonds. The molecule has 3 aromatic rings. The average molecular weight is 425 g/mol. The third-order valence-electron chi connectivity index (χ3n) is 5.18. The summed E-state index contributed by atoms with van der Waals surface area (Å²) in [7, 11) is 1.55. The molecule has 1 atom stereocenters. The zero-order valence-electron chi connectivity index (χ0n) is 16.8. The molecule has 4 heterocycles. The second-order valence-corrected chi connectivity index (χ2v) is 7.34. The lowest BCUT2D eigenvalue weighted by Gasteiger charge is -2.26. The summed E-state index contributed by atoms with van der Waals surface area (Å²) in [6.07, 6.45) is 1.57. The number of rotatable bonds is 5. The number of anilines is 1. The van der Waals surface area contributed by atoms with Crippen molar-refractivity contribution in [3.8, 4) is 23.0 Å². The summed E-state index contributed by atoms with van der Waals surface area (Å²) in [5, 5.41) is 11.0. The molecule has 0 radical (unpaired) electrons. The lowest BCUT2D eigenvalue weighted by atomic mass is 10.1. The fraction of sp³-hybridized carbons (Fsp3) is 0.333. The molecule has 1 unspecified atom stereocenters. The van der Waals surface area contributed by atoms with E-state index in [1.165, 1.54) is 6.07 Å². The molecule has 160 valence electrons. The van der Waals surface area contributed by atoms with Crippen LogP contribution in [0.4, 0.5) is 10.2 Å². The molecule has 2 aliphatic heterocycles. The van der Waals surface area contributed by atoms with Crippen molar-refractivity contribution in [1.29, 1.82) is 0 Å². The van der Waals surface area contributed by atoms with E-state index >= 15 is 0 Å². The Labute approximate surface area is 177 Å². The summed E-state index contributed by atoms with van der Waals surface area (Å²) < 4.78 is 32.9. The zero-order valence-corrected chi connectivity index (χ0v) is 16.8. The lowest BCUT2D eigenvalue weighted by Crippen LogP contribution is -2.33. The van der Waals surface area contributed by atoms with Crippen molar-refractivity contribution >= 4 is 11.7 Å². The number of aromatic nitrogens is 4. The van der Waals surface area contributed by atoms with Gasteiger partial charge in [0.1, 0.15) is 29.8 Å². The predicted molar refractivity (Wildman–Crippen MR) is 108 cm³/mol. The number of hydrogen-bond acceptors (Lipinski definition) is 7. The van der Waals surface area contributed by atoms with Crippen LogP contribution in [-0.4, -0.2) is 52.1 Å². The van der Waals surface area contributed by atoms with Crippen LogP contribution in [0.1, 0.15) is 22.6 Å². The first-order valence-electron chi connectivity index (χ1n) is 9.95. The van der Waals surface area contributed by atoms with Crippen molar-refractivity contribution in [2.75, 3.05) is 25.6 Å². The van der Waals surface area contributed by atoms with Crippen LogP contribution in [0.2, 0.25) is 0 Å². The van der Waals surface area contributed by atoms with Crippen molar-refractivity contribution in [3.63, 3.8) is 0 Å². The van der Waals surface area contributed by atoms with Crippen molar-refractivity contribution in [3.05, 3.63) is 47.5 Å². The van der Waals surface area contributed by atoms with Crippen molar-refractivity contribution in [2.45, 2.75) is 25.5 Å². The Morgan fingerprint density at radius 3 is 3.10 bits per heavy atom. The van der Waals surface area contributed by atoms with E-state index in [2.05, 4.69) is 20.5 Å². The second-order valence-electron chi connectivity index (χ2n) is 7.34. The number of benzene rings is 1. The Kier molecular flexibility index (Phi) is 4.99. The molecule has 9 nitrogen and oxygen atoms in total. The SMILES string of the molecule is COCC1COc2cc(C(=O)Nc3cccc(-c4nnc5n4CCC5)n3)c(F)cc2O1. The molecule has 1 N–H and O–H groups in total. The second kappa shape index (κ2) is 7.95. The first kappa shape index (κ1) is 19.4. The smallest absolute Gasteiger partial charge is 0.259 e. The number of carbonyl (C=O) groups excluding carboxylic acids is 1. The van der Waals surface area contributed by atoms with Gasteiger partial charge in [0.2, 0.25) is 0 Å². The van der Waals surface area contributed by atoms with E-state index in [-0.39, 0.29) is 29.8 Å². The number of fused-ring (bicyclic) bond motifs is 2. The number of nitrogens with zero attached hydrogens (tertiary/aromatic N) is 4. The molecule has 0 saturated heterocycles. The topological polar surface area (TPSA) is 100 Å². The molecular weight excluding hydrogens is 405 g/mol. The van der Waals surface area contributed by atoms with Crippen LogP contribution in [0.25, 0.3) is 11.5 Å². The van der Waals surface area contributed by atoms with Crippen LogP contribution in [0.15, 0.2) is 30.3 Å². The summed E-state index contributed by atoms with van der Waals surface area (Å²) in [5.41, 5.74) is 0.424. The summed E-state index contributed by atoms with van der Waals surface area (Å²) >= 11 is 0. The molecule has 0 aliphatic carbocycles. The van der Waals surface area contributed by atoms with Crippen molar-refractivity contribution in [1.82, 2.24) is 19.7 Å². The van der Waals surface area contributed by atoms with Gasteiger partial charge in [-0.15, -0.1) is 10.2 Å². The number of nitrogens with one attached hydrogen (secondary N) is 1. The molecule has 2 aromatic heterocycles. The minimum atomic E-state index is -0.718. The molecule has 31 heavy (non-hydrogen) atoms. The molecule has 0 saturated carbocycles. The normalized spacial score (nSPS) is 16.8. The number of carbonyl (C=O) groups is 1. The number of aryl methyl sites for hydroxylation is 1. The van der Waals surface area contributed by atoms with E-state index in [9.17, 15) is 9.18 Å². The minimum absolute atomic E-state index is 0.164. The van der Waals surface area contributed by atoms with Crippen LogP contribution in [0.5, 0.6) is 11.5 Å². The summed E-state index contributed by atoms with van der Waals surface area (Å²) in [5.74, 6) is 1.05. The van der Waals surface area contributed by atoms with Crippen LogP contribution < -0.4 is 14.8 Å². The standard InChI is InChI=1S/C21H20FN5O4/c1-29-10-12-11-30-16-8-13(14(22)9-17(16)31-12)21(28)24-18-5-2-4-15(23-18)20-26-25-19-6-3-7-27(19)20/h2,4-5,8-9,12H,3,6-7,10-11H2,1H3,(H,23,24,28). The summed E-state index contributed by atoms with van der Waals surface area (Å²) in [4.78, 5) is 17.2. The van der Waals surface area contributed by atoms with E-state index in [1.807, 2.05) is 4.57 Å². The molecule has 1 aromatic carbocycles. The Morgan fingerprint density at radius 1 is 1.32 bits per heavy atom. The van der Waals surface area contributed by atoms with Gasteiger partial charge in [-0.05, 0) is 24.6 Å². The molecule has 10 heteroatoms. The zero-order chi connectivity index (χ0) is 21.4. The van der Waals surface area contributed by atoms with Gasteiger partial charge in [0.15, 0.2) is 23.4 Å². The average Bonchev–Trinajstić information content (AvgIpc) is 3.37. The van der Waals surface area contributed by atoms with E-state index in [4.69, 9.17) is 14.2 Å². The number of halogens is 1. The fourth-order valence-electron chi connectivity index (χ4n) is 3.73. The predicted octanol–water partition coefficient (Wildman–Crippen LogP) is 2.46. The largest absolute Gasteiger partial charge is 0.486 e. The van der Waals surface area contributed by atoms with Crippen molar-refractivity contribution < 1.29 is 23.4 Å². The van der Waals surface area contributed by atoms with Crippen LogP contribution in [-0.2, 0) is 17.7 Å². The molecule has 0 spiro atoms. The third kappa shape index (κ3) is 3.70. The van der Waals surface area contributed by atoms with Gasteiger partial charge in [-0.2, -0.15) is 0 Å². The Hall–Kier alpha value is -3.53. The molecule has 2 aliphatic rings. The molecule has 0 fully saturated rings. The highest BCUT2D eigenvalue weighted by Crippen LogP contribution is 2.34. The number of ether oxygens (including phenoxy) is 3. The number of pyridine rings is 1. The third-order valence-corrected chi connectivity index (χ3v) is 5.18. The van der Waals surface area contributed by atoms with Gasteiger partial charge >= 0.3 is 0 Å². The van der Waals surface area contributed by atoms with Crippen LogP contribution in [0.3, 0.4) is 0 Å². The number of methoxy groups -OCH3 is 1. The van der Waals surface area contributed by atoms with E-state index < -0.39 is 11.7 Å². The van der Waals surface area contributed by atoms with Gasteiger partial charge in [0.25, 0.3) is 5.91 Å². The Bertz CT molecular complexity index is 1150. The Morgan fingerprint density at radius 2 is 2.23 bits per heavy atom. The van der Waals surface area contributed by atoms with Gasteiger partial charge in [0.05, 0.1) is 12.2 Å². The summed E-state index contributed by atoms with van der Waals surface area (Å²) in [6.45, 7) is 1.41. The van der Waals surface area contributed by atoms with Crippen LogP contribution >= 0.6 is 0 Å². The maximum atomic E-state index is 14.6. The highest BCUT2D eigenvalue weighted by molar-refractivity contribution is 6.04. The Balaban J connectivity index is 1.36. The number of hydrogen-bond donors (Lipinski definition) is 1. The van der Waals surface area contributed by atoms with Gasteiger partial charge in [-0.3, -0.25) is 4.79 Å². The van der Waals surface area contributed by atoms with E-state index in [1.54, 1.807) is 25.3 Å². The van der Waals surface area contributed by atoms with Gasteiger partial charge in [0, 0.05) is 26.1 Å². The molecular formula is C21H20FN5O4. The quantitative estimate of drug-likeness (QED) is 0.670. The first-order valence-corrected chi connectivity index (χ1v) is 9.95. The monoisotopic (exact) mass is 425 g/mol. The summed E-state index contributed by atoms with van der Waals surface area (Å²) in [6, 6.07) is 7.67. The fourth-order valence-corrected chi connectivity index (χ4v) is 3.73. The van der Waals surface area contributed by atoms with E-state index in [0.717, 1.165) is 31.3 Å². The van der Waals surface area contributed by atoms with Gasteiger partial charge < -0.3 is 24.1 Å². The van der Waals surface area contributed by atoms with Gasteiger partial charge in [-0.1, -0.05) is 6.07 Å². The first-order chi connectivity index (χ1) is 15.1. The minimum Gasteiger partial charge on any atom is -0.486 e. The maximum absolute atomic E-state index is 14.6. The molecule has 0 bridgehead atoms.